The van der Waals surface area contributed by atoms with E-state index in [-0.39, 0.29) is 0 Å². The minimum atomic E-state index is -4.55. The Morgan fingerprint density at radius 2 is 1.93 bits per heavy atom. The molecular formula is C7H6F3NO2S. The van der Waals surface area contributed by atoms with Crippen LogP contribution < -0.4 is 5.73 Å². The van der Waals surface area contributed by atoms with Crippen molar-refractivity contribution in [2.24, 2.45) is 5.73 Å². The van der Waals surface area contributed by atoms with Crippen molar-refractivity contribution in [2.45, 2.75) is 12.2 Å². The molecule has 0 saturated carbocycles. The number of hydrogen-bond donors (Lipinski definition) is 1. The van der Waals surface area contributed by atoms with Gasteiger partial charge in [0.25, 0.3) is 0 Å². The minimum Gasteiger partial charge on any atom is -0.320 e. The van der Waals surface area contributed by atoms with Crippen molar-refractivity contribution in [2.75, 3.05) is 0 Å². The van der Waals surface area contributed by atoms with Crippen LogP contribution in [-0.4, -0.2) is 25.5 Å². The van der Waals surface area contributed by atoms with E-state index in [9.17, 15) is 21.6 Å². The second-order valence-corrected chi connectivity index (χ2v) is 3.56. The molecule has 2 N–H and O–H groups in total. The van der Waals surface area contributed by atoms with E-state index in [1.165, 1.54) is 0 Å². The number of halogens is 3. The highest BCUT2D eigenvalue weighted by atomic mass is 32.2. The predicted molar refractivity (Wildman–Crippen MR) is 45.2 cm³/mol. The van der Waals surface area contributed by atoms with E-state index in [2.05, 4.69) is 0 Å². The lowest BCUT2D eigenvalue weighted by molar-refractivity contribution is -0.0881. The standard InChI is InChI=1S/C7H6F3NO2S/c8-7(9,10)4-1-2-5(11)6(3-4)14(12)13/h1-3,5H,11H2. The SMILES string of the molecule is NC1C=CC(C(F)(F)F)=CC1=S(=O)=O. The van der Waals surface area contributed by atoms with Gasteiger partial charge in [-0.3, -0.25) is 0 Å². The summed E-state index contributed by atoms with van der Waals surface area (Å²) in [7, 11) is -2.72. The zero-order valence-corrected chi connectivity index (χ0v) is 7.56. The van der Waals surface area contributed by atoms with Gasteiger partial charge in [0.05, 0.1) is 16.5 Å². The van der Waals surface area contributed by atoms with E-state index in [0.29, 0.717) is 6.08 Å². The highest BCUT2D eigenvalue weighted by Crippen LogP contribution is 2.28. The molecule has 0 radical (unpaired) electrons. The zero-order chi connectivity index (χ0) is 10.9. The second kappa shape index (κ2) is 3.58. The molecule has 0 saturated heterocycles. The molecule has 1 unspecified atom stereocenters. The molecule has 0 amide bonds. The fourth-order valence-corrected chi connectivity index (χ4v) is 1.46. The van der Waals surface area contributed by atoms with Crippen LogP contribution in [0.3, 0.4) is 0 Å². The van der Waals surface area contributed by atoms with Crippen molar-refractivity contribution < 1.29 is 21.6 Å². The summed E-state index contributed by atoms with van der Waals surface area (Å²) in [6.45, 7) is 0. The van der Waals surface area contributed by atoms with Gasteiger partial charge in [0.2, 0.25) is 10.3 Å². The molecule has 1 aliphatic carbocycles. The van der Waals surface area contributed by atoms with Crippen molar-refractivity contribution in [1.82, 2.24) is 0 Å². The molecule has 0 aromatic carbocycles. The van der Waals surface area contributed by atoms with E-state index in [1.54, 1.807) is 0 Å². The van der Waals surface area contributed by atoms with Crippen LogP contribution in [0.25, 0.3) is 0 Å². The Morgan fingerprint density at radius 1 is 1.36 bits per heavy atom. The van der Waals surface area contributed by atoms with E-state index < -0.39 is 32.9 Å². The maximum Gasteiger partial charge on any atom is 0.416 e. The largest absolute Gasteiger partial charge is 0.416 e. The van der Waals surface area contributed by atoms with Crippen molar-refractivity contribution in [3.05, 3.63) is 23.8 Å². The molecule has 0 aromatic heterocycles. The zero-order valence-electron chi connectivity index (χ0n) is 6.75. The van der Waals surface area contributed by atoms with Gasteiger partial charge in [0.1, 0.15) is 0 Å². The number of hydrogen-bond acceptors (Lipinski definition) is 3. The Kier molecular flexibility index (Phi) is 2.81. The summed E-state index contributed by atoms with van der Waals surface area (Å²) >= 11 is 0. The summed E-state index contributed by atoms with van der Waals surface area (Å²) in [5.74, 6) is 0. The number of nitrogens with two attached hydrogens (primary N) is 1. The van der Waals surface area contributed by atoms with Crippen LogP contribution in [0.1, 0.15) is 0 Å². The maximum atomic E-state index is 12.1. The minimum absolute atomic E-state index is 0.458. The first kappa shape index (κ1) is 11.0. The fraction of sp³-hybridized carbons (Fsp3) is 0.286. The quantitative estimate of drug-likeness (QED) is 0.608. The summed E-state index contributed by atoms with van der Waals surface area (Å²) in [6, 6.07) is -1.00. The molecule has 0 heterocycles. The van der Waals surface area contributed by atoms with Crippen molar-refractivity contribution in [3.63, 3.8) is 0 Å². The summed E-state index contributed by atoms with van der Waals surface area (Å²) in [5.41, 5.74) is 4.24. The summed E-state index contributed by atoms with van der Waals surface area (Å²) in [5, 5.41) is 0. The van der Waals surface area contributed by atoms with Gasteiger partial charge >= 0.3 is 6.18 Å². The second-order valence-electron chi connectivity index (χ2n) is 2.62. The van der Waals surface area contributed by atoms with Crippen molar-refractivity contribution in [1.29, 1.82) is 0 Å². The van der Waals surface area contributed by atoms with Gasteiger partial charge in [0.15, 0.2) is 0 Å². The van der Waals surface area contributed by atoms with Gasteiger partial charge < -0.3 is 5.73 Å². The lowest BCUT2D eigenvalue weighted by Gasteiger charge is -2.14. The molecule has 0 fully saturated rings. The number of rotatable bonds is 0. The first-order valence-electron chi connectivity index (χ1n) is 3.51. The highest BCUT2D eigenvalue weighted by Gasteiger charge is 2.34. The number of allylic oxidation sites excluding steroid dienone is 2. The van der Waals surface area contributed by atoms with Gasteiger partial charge in [0, 0.05) is 0 Å². The molecule has 1 aliphatic rings. The van der Waals surface area contributed by atoms with Crippen LogP contribution in [0.4, 0.5) is 13.2 Å². The van der Waals surface area contributed by atoms with Gasteiger partial charge in [-0.25, -0.2) is 0 Å². The van der Waals surface area contributed by atoms with Crippen LogP contribution >= 0.6 is 0 Å². The predicted octanol–water partition coefficient (Wildman–Crippen LogP) is 0.424. The van der Waals surface area contributed by atoms with Crippen LogP contribution in [0.2, 0.25) is 0 Å². The lowest BCUT2D eigenvalue weighted by atomic mass is 10.0. The summed E-state index contributed by atoms with van der Waals surface area (Å²) in [6.07, 6.45) is -2.26. The van der Waals surface area contributed by atoms with Crippen LogP contribution in [-0.2, 0) is 10.3 Å². The Bertz CT molecular complexity index is 422. The van der Waals surface area contributed by atoms with E-state index in [4.69, 9.17) is 5.73 Å². The Hall–Kier alpha value is -1.08. The molecule has 3 nitrogen and oxygen atoms in total. The van der Waals surface area contributed by atoms with Crippen LogP contribution in [0, 0.1) is 0 Å². The molecule has 7 heteroatoms. The molecular weight excluding hydrogens is 219 g/mol. The van der Waals surface area contributed by atoms with Gasteiger partial charge in [-0.1, -0.05) is 12.2 Å². The number of alkyl halides is 3. The lowest BCUT2D eigenvalue weighted by Crippen LogP contribution is -2.31. The highest BCUT2D eigenvalue weighted by molar-refractivity contribution is 7.73. The van der Waals surface area contributed by atoms with E-state index in [0.717, 1.165) is 12.2 Å². The van der Waals surface area contributed by atoms with Gasteiger partial charge in [-0.2, -0.15) is 21.6 Å². The summed E-state index contributed by atoms with van der Waals surface area (Å²) < 4.78 is 57.3. The third-order valence-electron chi connectivity index (χ3n) is 1.63. The van der Waals surface area contributed by atoms with E-state index in [1.807, 2.05) is 0 Å². The van der Waals surface area contributed by atoms with Crippen LogP contribution in [0.15, 0.2) is 23.8 Å². The molecule has 78 valence electrons. The smallest absolute Gasteiger partial charge is 0.320 e. The third kappa shape index (κ3) is 2.24. The van der Waals surface area contributed by atoms with Crippen LogP contribution in [0.5, 0.6) is 0 Å². The first-order valence-corrected chi connectivity index (χ1v) is 4.58. The molecule has 0 spiro atoms. The monoisotopic (exact) mass is 225 g/mol. The van der Waals surface area contributed by atoms with Gasteiger partial charge in [-0.15, -0.1) is 0 Å². The van der Waals surface area contributed by atoms with Crippen molar-refractivity contribution in [3.8, 4) is 0 Å². The first-order chi connectivity index (χ1) is 6.32. The summed E-state index contributed by atoms with van der Waals surface area (Å²) in [4.78, 5) is -0.458. The molecule has 0 bridgehead atoms. The molecule has 1 rings (SSSR count). The van der Waals surface area contributed by atoms with Crippen molar-refractivity contribution >= 4 is 15.2 Å². The normalized spacial score (nSPS) is 22.1. The molecule has 0 aromatic rings. The third-order valence-corrected chi connectivity index (χ3v) is 2.40. The average molecular weight is 225 g/mol. The average Bonchev–Trinajstić information content (AvgIpc) is 2.02. The molecule has 1 atom stereocenters. The maximum absolute atomic E-state index is 12.1. The van der Waals surface area contributed by atoms with Gasteiger partial charge in [-0.05, 0) is 6.08 Å². The van der Waals surface area contributed by atoms with E-state index >= 15 is 0 Å². The Morgan fingerprint density at radius 3 is 2.36 bits per heavy atom. The Balaban J connectivity index is 3.24. The topological polar surface area (TPSA) is 60.2 Å². The fourth-order valence-electron chi connectivity index (χ4n) is 0.935. The molecule has 14 heavy (non-hydrogen) atoms. The molecule has 0 aliphatic heterocycles. The Labute approximate surface area is 79.2 Å².